The molecule has 8 heteroatoms. The zero-order valence-corrected chi connectivity index (χ0v) is 19.1. The van der Waals surface area contributed by atoms with Gasteiger partial charge >= 0.3 is 5.97 Å². The monoisotopic (exact) mass is 427 g/mol. The molecule has 0 amide bonds. The molecule has 2 heterocycles. The molecule has 0 aliphatic rings. The number of methoxy groups -OCH3 is 1. The Morgan fingerprint density at radius 2 is 1.94 bits per heavy atom. The predicted octanol–water partition coefficient (Wildman–Crippen LogP) is 4.58. The van der Waals surface area contributed by atoms with Crippen LogP contribution in [0.3, 0.4) is 0 Å². The third-order valence-corrected chi connectivity index (χ3v) is 5.00. The molecule has 168 valence electrons. The van der Waals surface area contributed by atoms with E-state index in [0.29, 0.717) is 24.8 Å². The van der Waals surface area contributed by atoms with Gasteiger partial charge in [-0.25, -0.2) is 4.98 Å². The Hall–Kier alpha value is -2.90. The van der Waals surface area contributed by atoms with Crippen molar-refractivity contribution in [3.8, 4) is 5.75 Å². The highest BCUT2D eigenvalue weighted by atomic mass is 16.5. The highest BCUT2D eigenvalue weighted by Gasteiger charge is 2.17. The number of nitrogens with one attached hydrogen (secondary N) is 1. The minimum Gasteiger partial charge on any atom is -0.497 e. The number of carbonyl (C=O) groups is 1. The van der Waals surface area contributed by atoms with E-state index in [9.17, 15) is 4.79 Å². The van der Waals surface area contributed by atoms with Crippen LogP contribution in [0.4, 0.5) is 5.82 Å². The zero-order chi connectivity index (χ0) is 22.4. The molecular formula is C23H33N5O3. The number of unbranched alkanes of at least 4 members (excludes halogenated alkanes) is 2. The second-order valence-corrected chi connectivity index (χ2v) is 8.50. The van der Waals surface area contributed by atoms with Gasteiger partial charge < -0.3 is 14.8 Å². The Morgan fingerprint density at radius 1 is 1.13 bits per heavy atom. The summed E-state index contributed by atoms with van der Waals surface area (Å²) in [5.41, 5.74) is 2.50. The summed E-state index contributed by atoms with van der Waals surface area (Å²) >= 11 is 0. The number of esters is 1. The summed E-state index contributed by atoms with van der Waals surface area (Å²) in [7, 11) is 1.65. The quantitative estimate of drug-likeness (QED) is 0.354. The third-order valence-electron chi connectivity index (χ3n) is 5.00. The average Bonchev–Trinajstić information content (AvgIpc) is 3.20. The van der Waals surface area contributed by atoms with Gasteiger partial charge in [0.1, 0.15) is 11.6 Å². The molecule has 0 radical (unpaired) electrons. The van der Waals surface area contributed by atoms with E-state index in [1.165, 1.54) is 0 Å². The van der Waals surface area contributed by atoms with Crippen LogP contribution in [0, 0.1) is 5.92 Å². The van der Waals surface area contributed by atoms with Crippen LogP contribution < -0.4 is 10.1 Å². The number of ether oxygens (including phenoxy) is 2. The SMILES string of the molecule is COc1ccc2c(c1)nc(NCCCCCC(=O)OCC(C)C)c1nnc(C(C)C)n12. The van der Waals surface area contributed by atoms with Gasteiger partial charge in [-0.15, -0.1) is 10.2 Å². The van der Waals surface area contributed by atoms with Crippen molar-refractivity contribution in [3.63, 3.8) is 0 Å². The lowest BCUT2D eigenvalue weighted by Crippen LogP contribution is -2.10. The molecule has 0 atom stereocenters. The lowest BCUT2D eigenvalue weighted by molar-refractivity contribution is -0.144. The summed E-state index contributed by atoms with van der Waals surface area (Å²) in [5, 5.41) is 12.2. The van der Waals surface area contributed by atoms with Gasteiger partial charge in [0.25, 0.3) is 0 Å². The lowest BCUT2D eigenvalue weighted by atomic mass is 10.2. The molecule has 1 N–H and O–H groups in total. The summed E-state index contributed by atoms with van der Waals surface area (Å²) in [6.07, 6.45) is 3.14. The summed E-state index contributed by atoms with van der Waals surface area (Å²) in [6.45, 7) is 9.50. The van der Waals surface area contributed by atoms with Gasteiger partial charge in [0.15, 0.2) is 5.82 Å². The van der Waals surface area contributed by atoms with Gasteiger partial charge in [0, 0.05) is 24.9 Å². The van der Waals surface area contributed by atoms with Crippen molar-refractivity contribution in [2.45, 2.75) is 59.3 Å². The normalized spacial score (nSPS) is 11.6. The molecule has 3 aromatic rings. The molecule has 0 saturated heterocycles. The van der Waals surface area contributed by atoms with Crippen LogP contribution >= 0.6 is 0 Å². The Morgan fingerprint density at radius 3 is 2.65 bits per heavy atom. The van der Waals surface area contributed by atoms with Crippen molar-refractivity contribution in [3.05, 3.63) is 24.0 Å². The highest BCUT2D eigenvalue weighted by Crippen LogP contribution is 2.27. The van der Waals surface area contributed by atoms with Gasteiger partial charge in [-0.05, 0) is 30.9 Å². The van der Waals surface area contributed by atoms with Crippen molar-refractivity contribution in [2.75, 3.05) is 25.6 Å². The minimum absolute atomic E-state index is 0.113. The molecule has 3 rings (SSSR count). The summed E-state index contributed by atoms with van der Waals surface area (Å²) in [6, 6.07) is 5.84. The first-order chi connectivity index (χ1) is 14.9. The van der Waals surface area contributed by atoms with Crippen molar-refractivity contribution in [1.82, 2.24) is 19.6 Å². The van der Waals surface area contributed by atoms with Crippen LogP contribution in [0.25, 0.3) is 16.7 Å². The van der Waals surface area contributed by atoms with E-state index in [0.717, 1.165) is 54.1 Å². The van der Waals surface area contributed by atoms with E-state index in [2.05, 4.69) is 33.8 Å². The van der Waals surface area contributed by atoms with E-state index < -0.39 is 0 Å². The smallest absolute Gasteiger partial charge is 0.305 e. The number of carbonyl (C=O) groups excluding carboxylic acids is 1. The van der Waals surface area contributed by atoms with Crippen LogP contribution in [0.1, 0.15) is 65.1 Å². The molecule has 0 spiro atoms. The molecule has 0 unspecified atom stereocenters. The van der Waals surface area contributed by atoms with Crippen LogP contribution in [-0.4, -0.2) is 45.8 Å². The molecule has 31 heavy (non-hydrogen) atoms. The van der Waals surface area contributed by atoms with Crippen LogP contribution in [0.15, 0.2) is 18.2 Å². The third kappa shape index (κ3) is 5.62. The van der Waals surface area contributed by atoms with Gasteiger partial charge in [0.2, 0.25) is 5.65 Å². The molecule has 0 fully saturated rings. The van der Waals surface area contributed by atoms with Gasteiger partial charge in [0.05, 0.1) is 24.8 Å². The lowest BCUT2D eigenvalue weighted by Gasteiger charge is -2.12. The van der Waals surface area contributed by atoms with Crippen molar-refractivity contribution in [1.29, 1.82) is 0 Å². The number of fused-ring (bicyclic) bond motifs is 3. The topological polar surface area (TPSA) is 90.6 Å². The van der Waals surface area contributed by atoms with Gasteiger partial charge in [-0.2, -0.15) is 0 Å². The number of hydrogen-bond donors (Lipinski definition) is 1. The maximum Gasteiger partial charge on any atom is 0.305 e. The molecule has 0 saturated carbocycles. The molecule has 1 aromatic carbocycles. The van der Waals surface area contributed by atoms with Crippen LogP contribution in [-0.2, 0) is 9.53 Å². The van der Waals surface area contributed by atoms with Gasteiger partial charge in [-0.1, -0.05) is 34.1 Å². The molecule has 8 nitrogen and oxygen atoms in total. The maximum atomic E-state index is 11.7. The number of benzene rings is 1. The fourth-order valence-electron chi connectivity index (χ4n) is 3.37. The minimum atomic E-state index is -0.113. The Balaban J connectivity index is 1.67. The second-order valence-electron chi connectivity index (χ2n) is 8.50. The number of hydrogen-bond acceptors (Lipinski definition) is 7. The van der Waals surface area contributed by atoms with Crippen molar-refractivity contribution >= 4 is 28.5 Å². The highest BCUT2D eigenvalue weighted by molar-refractivity contribution is 5.84. The molecular weight excluding hydrogens is 394 g/mol. The van der Waals surface area contributed by atoms with Crippen molar-refractivity contribution < 1.29 is 14.3 Å². The second kappa shape index (κ2) is 10.4. The Labute approximate surface area is 183 Å². The zero-order valence-electron chi connectivity index (χ0n) is 19.1. The number of nitrogens with zero attached hydrogens (tertiary/aromatic N) is 4. The number of rotatable bonds is 11. The fraction of sp³-hybridized carbons (Fsp3) is 0.565. The first-order valence-corrected chi connectivity index (χ1v) is 11.0. The summed E-state index contributed by atoms with van der Waals surface area (Å²) < 4.78 is 12.7. The fourth-order valence-corrected chi connectivity index (χ4v) is 3.37. The van der Waals surface area contributed by atoms with E-state index in [1.807, 2.05) is 32.0 Å². The van der Waals surface area contributed by atoms with Crippen LogP contribution in [0.5, 0.6) is 5.75 Å². The molecule has 2 aromatic heterocycles. The van der Waals surface area contributed by atoms with Crippen molar-refractivity contribution in [2.24, 2.45) is 5.92 Å². The van der Waals surface area contributed by atoms with Gasteiger partial charge in [-0.3, -0.25) is 9.20 Å². The Bertz CT molecular complexity index is 1030. The number of anilines is 1. The molecule has 0 aliphatic heterocycles. The number of aromatic nitrogens is 4. The average molecular weight is 428 g/mol. The maximum absolute atomic E-state index is 11.7. The Kier molecular flexibility index (Phi) is 7.65. The molecule has 0 bridgehead atoms. The first-order valence-electron chi connectivity index (χ1n) is 11.0. The summed E-state index contributed by atoms with van der Waals surface area (Å²) in [4.78, 5) is 16.5. The summed E-state index contributed by atoms with van der Waals surface area (Å²) in [5.74, 6) is 2.85. The van der Waals surface area contributed by atoms with E-state index >= 15 is 0 Å². The van der Waals surface area contributed by atoms with E-state index in [4.69, 9.17) is 14.5 Å². The van der Waals surface area contributed by atoms with E-state index in [-0.39, 0.29) is 11.9 Å². The predicted molar refractivity (Wildman–Crippen MR) is 122 cm³/mol. The largest absolute Gasteiger partial charge is 0.497 e. The first kappa shape index (κ1) is 22.8. The molecule has 0 aliphatic carbocycles. The van der Waals surface area contributed by atoms with Crippen LogP contribution in [0.2, 0.25) is 0 Å². The standard InChI is InChI=1S/C23H33N5O3/c1-15(2)14-31-20(29)9-7-6-8-12-24-21-23-27-26-22(16(3)4)28(23)19-11-10-17(30-5)13-18(19)25-21/h10-11,13,15-16H,6-9,12,14H2,1-5H3,(H,24,25). The van der Waals surface area contributed by atoms with E-state index in [1.54, 1.807) is 7.11 Å².